The second-order valence-corrected chi connectivity index (χ2v) is 8.90. The first kappa shape index (κ1) is 24.6. The Morgan fingerprint density at radius 1 is 1.22 bits per heavy atom. The van der Waals surface area contributed by atoms with Gasteiger partial charge in [0, 0.05) is 38.5 Å². The van der Waals surface area contributed by atoms with Gasteiger partial charge in [0.05, 0.1) is 11.8 Å². The molecule has 10 nitrogen and oxygen atoms in total. The third-order valence-corrected chi connectivity index (χ3v) is 6.09. The van der Waals surface area contributed by atoms with Crippen molar-refractivity contribution >= 4 is 46.1 Å². The Labute approximate surface area is 212 Å². The number of hydrogen-bond donors (Lipinski definition) is 2. The van der Waals surface area contributed by atoms with Gasteiger partial charge in [-0.3, -0.25) is 9.59 Å². The molecule has 5 rings (SSSR count). The van der Waals surface area contributed by atoms with Gasteiger partial charge in [-0.05, 0) is 25.0 Å². The van der Waals surface area contributed by atoms with Crippen LogP contribution in [0.1, 0.15) is 18.4 Å². The molecule has 1 aliphatic carbocycles. The van der Waals surface area contributed by atoms with E-state index >= 15 is 0 Å². The smallest absolute Gasteiger partial charge is 0.417 e. The van der Waals surface area contributed by atoms with Gasteiger partial charge in [0.1, 0.15) is 27.8 Å². The van der Waals surface area contributed by atoms with Crippen molar-refractivity contribution in [2.24, 2.45) is 20.0 Å². The molecule has 4 aromatic rings. The highest BCUT2D eigenvalue weighted by molar-refractivity contribution is 6.36. The van der Waals surface area contributed by atoms with Crippen molar-refractivity contribution in [3.05, 3.63) is 57.7 Å². The standard InChI is InChI=1S/C23H19ClF3N7O3/c1-33-10-12(23(25,26)27)7-14(21(33)36)30-22-32-19-18(34(22)2)17(24)15(9-29-19)37-13-5-6-28-16(8-13)31-20(35)11-3-4-11/h5-11H,3-4H2,1-2H3,(H,28,31,35)(H,29,30,32). The highest BCUT2D eigenvalue weighted by atomic mass is 35.5. The van der Waals surface area contributed by atoms with Crippen molar-refractivity contribution in [1.82, 2.24) is 24.1 Å². The summed E-state index contributed by atoms with van der Waals surface area (Å²) in [6.45, 7) is 0. The molecular formula is C23H19ClF3N7O3. The molecule has 0 bridgehead atoms. The van der Waals surface area contributed by atoms with E-state index in [0.717, 1.165) is 17.4 Å². The molecule has 0 aromatic carbocycles. The number of nitrogens with zero attached hydrogens (tertiary/aromatic N) is 5. The number of aromatic nitrogens is 5. The number of hydrogen-bond acceptors (Lipinski definition) is 7. The summed E-state index contributed by atoms with van der Waals surface area (Å²) in [5.41, 5.74) is -1.49. The normalized spacial score (nSPS) is 13.6. The summed E-state index contributed by atoms with van der Waals surface area (Å²) in [4.78, 5) is 37.1. The molecule has 37 heavy (non-hydrogen) atoms. The van der Waals surface area contributed by atoms with Crippen LogP contribution in [0, 0.1) is 5.92 Å². The summed E-state index contributed by atoms with van der Waals surface area (Å²) in [5, 5.41) is 5.51. The predicted octanol–water partition coefficient (Wildman–Crippen LogP) is 4.62. The molecule has 0 aliphatic heterocycles. The first-order valence-electron chi connectivity index (χ1n) is 11.0. The van der Waals surface area contributed by atoms with Gasteiger partial charge in [0.2, 0.25) is 11.9 Å². The van der Waals surface area contributed by atoms with Crippen molar-refractivity contribution in [2.75, 3.05) is 10.6 Å². The lowest BCUT2D eigenvalue weighted by Crippen LogP contribution is -2.23. The summed E-state index contributed by atoms with van der Waals surface area (Å²) in [6.07, 6.45) is 0.596. The summed E-state index contributed by atoms with van der Waals surface area (Å²) in [6, 6.07) is 3.84. The van der Waals surface area contributed by atoms with Gasteiger partial charge in [-0.1, -0.05) is 11.6 Å². The average molecular weight is 534 g/mol. The molecule has 2 N–H and O–H groups in total. The number of pyridine rings is 3. The van der Waals surface area contributed by atoms with Gasteiger partial charge < -0.3 is 24.5 Å². The van der Waals surface area contributed by atoms with Gasteiger partial charge in [-0.2, -0.15) is 18.2 Å². The lowest BCUT2D eigenvalue weighted by atomic mass is 10.2. The lowest BCUT2D eigenvalue weighted by molar-refractivity contribution is -0.138. The highest BCUT2D eigenvalue weighted by Crippen LogP contribution is 2.36. The van der Waals surface area contributed by atoms with Crippen LogP contribution in [-0.2, 0) is 25.1 Å². The van der Waals surface area contributed by atoms with E-state index < -0.39 is 17.3 Å². The first-order valence-corrected chi connectivity index (χ1v) is 11.4. The number of halogens is 4. The highest BCUT2D eigenvalue weighted by Gasteiger charge is 2.32. The summed E-state index contributed by atoms with van der Waals surface area (Å²) in [7, 11) is 2.78. The van der Waals surface area contributed by atoms with Gasteiger partial charge in [0.25, 0.3) is 5.56 Å². The number of imidazole rings is 1. The Morgan fingerprint density at radius 3 is 2.68 bits per heavy atom. The Balaban J connectivity index is 1.44. The van der Waals surface area contributed by atoms with E-state index in [9.17, 15) is 22.8 Å². The number of alkyl halides is 3. The topological polar surface area (TPSA) is 116 Å². The molecule has 0 radical (unpaired) electrons. The van der Waals surface area contributed by atoms with Gasteiger partial charge >= 0.3 is 6.18 Å². The van der Waals surface area contributed by atoms with Crippen LogP contribution in [-0.4, -0.2) is 30.0 Å². The van der Waals surface area contributed by atoms with E-state index in [1.807, 2.05) is 0 Å². The van der Waals surface area contributed by atoms with E-state index in [2.05, 4.69) is 25.6 Å². The Hall–Kier alpha value is -4.13. The molecule has 4 heterocycles. The number of carbonyl (C=O) groups is 1. The third kappa shape index (κ3) is 4.94. The van der Waals surface area contributed by atoms with Crippen LogP contribution in [0.15, 0.2) is 41.6 Å². The van der Waals surface area contributed by atoms with Crippen LogP contribution in [0.3, 0.4) is 0 Å². The van der Waals surface area contributed by atoms with Crippen molar-refractivity contribution in [3.63, 3.8) is 0 Å². The molecular weight excluding hydrogens is 515 g/mol. The molecule has 0 saturated heterocycles. The minimum Gasteiger partial charge on any atom is -0.454 e. The SMILES string of the molecule is Cn1cc(C(F)(F)F)cc(Nc2nc3ncc(Oc4ccnc(NC(=O)C5CC5)c4)c(Cl)c3n2C)c1=O. The van der Waals surface area contributed by atoms with Crippen molar-refractivity contribution in [1.29, 1.82) is 0 Å². The van der Waals surface area contributed by atoms with E-state index in [1.54, 1.807) is 19.2 Å². The van der Waals surface area contributed by atoms with Gasteiger partial charge in [0.15, 0.2) is 11.4 Å². The van der Waals surface area contributed by atoms with Crippen LogP contribution in [0.5, 0.6) is 11.5 Å². The maximum absolute atomic E-state index is 13.2. The fourth-order valence-electron chi connectivity index (χ4n) is 3.62. The number of rotatable bonds is 6. The van der Waals surface area contributed by atoms with Crippen LogP contribution < -0.4 is 20.9 Å². The largest absolute Gasteiger partial charge is 0.454 e. The molecule has 0 unspecified atom stereocenters. The van der Waals surface area contributed by atoms with Crippen molar-refractivity contribution < 1.29 is 22.7 Å². The second kappa shape index (κ2) is 9.07. The Morgan fingerprint density at radius 2 is 1.97 bits per heavy atom. The number of anilines is 3. The average Bonchev–Trinajstić information content (AvgIpc) is 3.63. The first-order chi connectivity index (χ1) is 17.5. The number of carbonyl (C=O) groups excluding carboxylic acids is 1. The zero-order chi connectivity index (χ0) is 26.5. The molecule has 1 aliphatic rings. The minimum absolute atomic E-state index is 0.0104. The predicted molar refractivity (Wildman–Crippen MR) is 129 cm³/mol. The van der Waals surface area contributed by atoms with E-state index in [1.165, 1.54) is 24.0 Å². The molecule has 1 fully saturated rings. The monoisotopic (exact) mass is 533 g/mol. The maximum atomic E-state index is 13.2. The van der Waals surface area contributed by atoms with Crippen molar-refractivity contribution in [2.45, 2.75) is 19.0 Å². The summed E-state index contributed by atoms with van der Waals surface area (Å²) in [5.74, 6) is 0.801. The number of ether oxygens (including phenoxy) is 1. The van der Waals surface area contributed by atoms with E-state index in [0.29, 0.717) is 29.3 Å². The zero-order valence-corrected chi connectivity index (χ0v) is 20.2. The molecule has 192 valence electrons. The maximum Gasteiger partial charge on any atom is 0.417 e. The molecule has 0 atom stereocenters. The molecule has 4 aromatic heterocycles. The zero-order valence-electron chi connectivity index (χ0n) is 19.4. The third-order valence-electron chi connectivity index (χ3n) is 5.72. The quantitative estimate of drug-likeness (QED) is 0.371. The number of aryl methyl sites for hydroxylation is 2. The summed E-state index contributed by atoms with van der Waals surface area (Å²) >= 11 is 6.58. The summed E-state index contributed by atoms with van der Waals surface area (Å²) < 4.78 is 47.9. The number of nitrogens with one attached hydrogen (secondary N) is 2. The number of fused-ring (bicyclic) bond motifs is 1. The molecule has 0 spiro atoms. The molecule has 1 amide bonds. The van der Waals surface area contributed by atoms with Gasteiger partial charge in [-0.25, -0.2) is 9.97 Å². The Kier molecular flexibility index (Phi) is 6.02. The van der Waals surface area contributed by atoms with Gasteiger partial charge in [-0.15, -0.1) is 0 Å². The second-order valence-electron chi connectivity index (χ2n) is 8.53. The lowest BCUT2D eigenvalue weighted by Gasteiger charge is -2.12. The van der Waals surface area contributed by atoms with Crippen molar-refractivity contribution in [3.8, 4) is 11.5 Å². The van der Waals surface area contributed by atoms with Crippen LogP contribution >= 0.6 is 11.6 Å². The Bertz CT molecular complexity index is 1600. The minimum atomic E-state index is -4.64. The van der Waals surface area contributed by atoms with E-state index in [-0.39, 0.29) is 39.9 Å². The molecule has 1 saturated carbocycles. The fraction of sp³-hybridized carbons (Fsp3) is 0.261. The number of amides is 1. The molecule has 14 heteroatoms. The fourth-order valence-corrected chi connectivity index (χ4v) is 3.91. The van der Waals surface area contributed by atoms with Crippen LogP contribution in [0.2, 0.25) is 5.02 Å². The van der Waals surface area contributed by atoms with E-state index in [4.69, 9.17) is 16.3 Å². The van der Waals surface area contributed by atoms with Crippen LogP contribution in [0.4, 0.5) is 30.6 Å². The van der Waals surface area contributed by atoms with Crippen LogP contribution in [0.25, 0.3) is 11.2 Å².